The maximum Gasteiger partial charge on any atom is 0.410 e. The minimum absolute atomic E-state index is 0.0192. The Morgan fingerprint density at radius 2 is 1.87 bits per heavy atom. The number of carbonyl (C=O) groups excluding carboxylic acids is 1. The average Bonchev–Trinajstić information content (AvgIpc) is 2.72. The number of para-hydroxylation sites is 1. The third kappa shape index (κ3) is 4.85. The molecule has 2 aliphatic rings. The van der Waals surface area contributed by atoms with Crippen LogP contribution in [0, 0.1) is 0 Å². The first-order valence-corrected chi connectivity index (χ1v) is 11.0. The molecule has 1 fully saturated rings. The summed E-state index contributed by atoms with van der Waals surface area (Å²) in [6, 6.07) is 13.6. The zero-order chi connectivity index (χ0) is 22.2. The molecule has 166 valence electrons. The molecule has 7 heteroatoms. The molecule has 2 heterocycles. The van der Waals surface area contributed by atoms with E-state index in [1.807, 2.05) is 70.2 Å². The maximum absolute atomic E-state index is 12.5. The number of halogens is 1. The van der Waals surface area contributed by atoms with Gasteiger partial charge in [0.15, 0.2) is 17.6 Å². The van der Waals surface area contributed by atoms with Gasteiger partial charge in [0.05, 0.1) is 5.69 Å². The first kappa shape index (κ1) is 21.6. The van der Waals surface area contributed by atoms with Crippen molar-refractivity contribution in [2.75, 3.05) is 31.1 Å². The number of fused-ring (bicyclic) bond motifs is 1. The third-order valence-corrected chi connectivity index (χ3v) is 5.70. The molecule has 2 aromatic rings. The molecule has 2 atom stereocenters. The predicted octanol–water partition coefficient (Wildman–Crippen LogP) is 5.30. The Morgan fingerprint density at radius 1 is 1.13 bits per heavy atom. The Kier molecular flexibility index (Phi) is 5.93. The minimum atomic E-state index is -0.502. The lowest BCUT2D eigenvalue weighted by molar-refractivity contribution is 0.0158. The highest BCUT2D eigenvalue weighted by atomic mass is 35.5. The van der Waals surface area contributed by atoms with Crippen molar-refractivity contribution >= 4 is 23.4 Å². The zero-order valence-electron chi connectivity index (χ0n) is 18.4. The molecule has 6 nitrogen and oxygen atoms in total. The molecule has 31 heavy (non-hydrogen) atoms. The summed E-state index contributed by atoms with van der Waals surface area (Å²) in [5.41, 5.74) is 1.51. The second-order valence-electron chi connectivity index (χ2n) is 9.04. The lowest BCUT2D eigenvalue weighted by Gasteiger charge is -2.42. The van der Waals surface area contributed by atoms with E-state index < -0.39 is 5.60 Å². The summed E-state index contributed by atoms with van der Waals surface area (Å²) in [4.78, 5) is 16.6. The first-order chi connectivity index (χ1) is 14.7. The number of ether oxygens (including phenoxy) is 3. The summed E-state index contributed by atoms with van der Waals surface area (Å²) in [6.07, 6.45) is -0.442. The van der Waals surface area contributed by atoms with Crippen LogP contribution in [0.25, 0.3) is 0 Å². The van der Waals surface area contributed by atoms with Crippen molar-refractivity contribution < 1.29 is 19.0 Å². The Bertz CT molecular complexity index is 942. The average molecular weight is 445 g/mol. The topological polar surface area (TPSA) is 51.2 Å². The number of hydrogen-bond donors (Lipinski definition) is 0. The number of hydrogen-bond acceptors (Lipinski definition) is 5. The van der Waals surface area contributed by atoms with Crippen LogP contribution in [0.4, 0.5) is 10.5 Å². The van der Waals surface area contributed by atoms with E-state index in [2.05, 4.69) is 4.90 Å². The normalized spacial score (nSPS) is 21.1. The van der Waals surface area contributed by atoms with Gasteiger partial charge in [0.1, 0.15) is 12.2 Å². The molecular formula is C24H29ClN2O4. The van der Waals surface area contributed by atoms with E-state index in [-0.39, 0.29) is 18.2 Å². The fraction of sp³-hybridized carbons (Fsp3) is 0.458. The highest BCUT2D eigenvalue weighted by molar-refractivity contribution is 6.30. The lowest BCUT2D eigenvalue weighted by Crippen LogP contribution is -2.55. The van der Waals surface area contributed by atoms with Crippen LogP contribution in [0.1, 0.15) is 39.4 Å². The molecule has 0 bridgehead atoms. The number of piperazine rings is 1. The standard InChI is InChI=1S/C24H29ClN2O4/c1-16-14-26(12-13-27(16)23(28)31-24(2,3)4)19-6-5-7-20-22(19)29-15-21(30-20)17-8-10-18(25)11-9-17/h5-11,16,21H,12-15H2,1-4H3/t16-,21?/m0/s1. The van der Waals surface area contributed by atoms with Crippen molar-refractivity contribution in [2.45, 2.75) is 45.4 Å². The van der Waals surface area contributed by atoms with Gasteiger partial charge in [0, 0.05) is 30.7 Å². The van der Waals surface area contributed by atoms with Crippen LogP contribution in [0.15, 0.2) is 42.5 Å². The van der Waals surface area contributed by atoms with Gasteiger partial charge in [-0.05, 0) is 57.5 Å². The SMILES string of the molecule is C[C@H]1CN(c2cccc3c2OCC(c2ccc(Cl)cc2)O3)CCN1C(=O)OC(C)(C)C. The van der Waals surface area contributed by atoms with E-state index >= 15 is 0 Å². The molecular weight excluding hydrogens is 416 g/mol. The number of carbonyl (C=O) groups is 1. The molecule has 1 saturated heterocycles. The first-order valence-electron chi connectivity index (χ1n) is 10.6. The van der Waals surface area contributed by atoms with Crippen LogP contribution in [0.3, 0.4) is 0 Å². The molecule has 1 unspecified atom stereocenters. The molecule has 2 aliphatic heterocycles. The zero-order valence-corrected chi connectivity index (χ0v) is 19.2. The smallest absolute Gasteiger partial charge is 0.410 e. The Balaban J connectivity index is 1.47. The third-order valence-electron chi connectivity index (χ3n) is 5.44. The van der Waals surface area contributed by atoms with Crippen molar-refractivity contribution in [3.05, 3.63) is 53.1 Å². The van der Waals surface area contributed by atoms with Crippen LogP contribution in [-0.2, 0) is 4.74 Å². The highest BCUT2D eigenvalue weighted by Gasteiger charge is 2.33. The molecule has 0 N–H and O–H groups in total. The van der Waals surface area contributed by atoms with Gasteiger partial charge in [0.25, 0.3) is 0 Å². The van der Waals surface area contributed by atoms with Gasteiger partial charge in [-0.3, -0.25) is 0 Å². The van der Waals surface area contributed by atoms with Crippen molar-refractivity contribution in [2.24, 2.45) is 0 Å². The van der Waals surface area contributed by atoms with Gasteiger partial charge >= 0.3 is 6.09 Å². The molecule has 0 saturated carbocycles. The molecule has 2 aromatic carbocycles. The van der Waals surface area contributed by atoms with Crippen LogP contribution in [0.2, 0.25) is 5.02 Å². The number of nitrogens with zero attached hydrogens (tertiary/aromatic N) is 2. The Morgan fingerprint density at radius 3 is 2.55 bits per heavy atom. The van der Waals surface area contributed by atoms with Gasteiger partial charge in [-0.25, -0.2) is 4.79 Å². The van der Waals surface area contributed by atoms with E-state index in [4.69, 9.17) is 25.8 Å². The molecule has 1 amide bonds. The van der Waals surface area contributed by atoms with Crippen molar-refractivity contribution in [1.82, 2.24) is 4.90 Å². The van der Waals surface area contributed by atoms with E-state index in [1.165, 1.54) is 0 Å². The van der Waals surface area contributed by atoms with Gasteiger partial charge in [0.2, 0.25) is 0 Å². The summed E-state index contributed by atoms with van der Waals surface area (Å²) in [7, 11) is 0. The summed E-state index contributed by atoms with van der Waals surface area (Å²) in [5, 5.41) is 0.697. The highest BCUT2D eigenvalue weighted by Crippen LogP contribution is 2.43. The number of anilines is 1. The van der Waals surface area contributed by atoms with Gasteiger partial charge < -0.3 is 24.0 Å². The number of amides is 1. The Hall–Kier alpha value is -2.60. The van der Waals surface area contributed by atoms with Crippen molar-refractivity contribution in [3.63, 3.8) is 0 Å². The van der Waals surface area contributed by atoms with E-state index in [0.717, 1.165) is 22.7 Å². The largest absolute Gasteiger partial charge is 0.483 e. The molecule has 0 aromatic heterocycles. The van der Waals surface area contributed by atoms with Gasteiger partial charge in [-0.1, -0.05) is 29.8 Å². The maximum atomic E-state index is 12.5. The second kappa shape index (κ2) is 8.50. The Labute approximate surface area is 188 Å². The van der Waals surface area contributed by atoms with Crippen molar-refractivity contribution in [3.8, 4) is 11.5 Å². The molecule has 4 rings (SSSR count). The van der Waals surface area contributed by atoms with Crippen molar-refractivity contribution in [1.29, 1.82) is 0 Å². The summed E-state index contributed by atoms with van der Waals surface area (Å²) in [6.45, 7) is 10.1. The summed E-state index contributed by atoms with van der Waals surface area (Å²) < 4.78 is 18.0. The minimum Gasteiger partial charge on any atom is -0.483 e. The fourth-order valence-corrected chi connectivity index (χ4v) is 4.07. The predicted molar refractivity (Wildman–Crippen MR) is 121 cm³/mol. The quantitative estimate of drug-likeness (QED) is 0.629. The van der Waals surface area contributed by atoms with E-state index in [0.29, 0.717) is 31.3 Å². The van der Waals surface area contributed by atoms with E-state index in [1.54, 1.807) is 4.90 Å². The van der Waals surface area contributed by atoms with Gasteiger partial charge in [-0.2, -0.15) is 0 Å². The van der Waals surface area contributed by atoms with Crippen LogP contribution in [0.5, 0.6) is 11.5 Å². The second-order valence-corrected chi connectivity index (χ2v) is 9.48. The fourth-order valence-electron chi connectivity index (χ4n) is 3.95. The monoisotopic (exact) mass is 444 g/mol. The van der Waals surface area contributed by atoms with Gasteiger partial charge in [-0.15, -0.1) is 0 Å². The molecule has 0 aliphatic carbocycles. The van der Waals surface area contributed by atoms with E-state index in [9.17, 15) is 4.79 Å². The number of rotatable bonds is 2. The van der Waals surface area contributed by atoms with Crippen LogP contribution >= 0.6 is 11.6 Å². The summed E-state index contributed by atoms with van der Waals surface area (Å²) in [5.74, 6) is 1.48. The van der Waals surface area contributed by atoms with Crippen LogP contribution < -0.4 is 14.4 Å². The van der Waals surface area contributed by atoms with Crippen LogP contribution in [-0.4, -0.2) is 48.9 Å². The lowest BCUT2D eigenvalue weighted by atomic mass is 10.1. The summed E-state index contributed by atoms with van der Waals surface area (Å²) >= 11 is 6.00. The molecule has 0 spiro atoms. The number of benzene rings is 2. The molecule has 0 radical (unpaired) electrons.